The van der Waals surface area contributed by atoms with Crippen molar-refractivity contribution < 1.29 is 27.9 Å². The van der Waals surface area contributed by atoms with Crippen molar-refractivity contribution in [1.29, 1.82) is 0 Å². The van der Waals surface area contributed by atoms with Crippen LogP contribution in [0.1, 0.15) is 6.92 Å². The van der Waals surface area contributed by atoms with E-state index >= 15 is 0 Å². The van der Waals surface area contributed by atoms with Gasteiger partial charge in [-0.2, -0.15) is 4.31 Å². The molecule has 1 atom stereocenters. The van der Waals surface area contributed by atoms with E-state index in [4.69, 9.17) is 5.11 Å². The average molecular weight is 251 g/mol. The smallest absolute Gasteiger partial charge is 0.325 e. The number of hydrogen-bond acceptors (Lipinski definition) is 5. The van der Waals surface area contributed by atoms with Crippen molar-refractivity contribution in [2.24, 2.45) is 5.92 Å². The van der Waals surface area contributed by atoms with E-state index in [2.05, 4.69) is 4.74 Å². The van der Waals surface area contributed by atoms with E-state index in [0.717, 1.165) is 11.4 Å². The van der Waals surface area contributed by atoms with E-state index in [1.807, 2.05) is 0 Å². The lowest BCUT2D eigenvalue weighted by atomic mass is 10.0. The van der Waals surface area contributed by atoms with Crippen molar-refractivity contribution >= 4 is 22.0 Å². The number of methoxy groups -OCH3 is 1. The molecule has 0 aliphatic carbocycles. The number of esters is 1. The molecule has 0 radical (unpaired) electrons. The van der Waals surface area contributed by atoms with Crippen LogP contribution in [0, 0.1) is 5.92 Å². The summed E-state index contributed by atoms with van der Waals surface area (Å²) in [5.41, 5.74) is 0. The average Bonchev–Trinajstić information content (AvgIpc) is 2.11. The largest absolute Gasteiger partial charge is 0.481 e. The van der Waals surface area contributed by atoms with Gasteiger partial charge in [0.2, 0.25) is 10.0 Å². The van der Waals surface area contributed by atoms with E-state index in [1.54, 1.807) is 0 Å². The van der Waals surface area contributed by atoms with E-state index in [0.29, 0.717) is 0 Å². The summed E-state index contributed by atoms with van der Waals surface area (Å²) in [5, 5.41) is 7.30. The fourth-order valence-electron chi connectivity index (χ4n) is 1.31. The van der Waals surface area contributed by atoms with Crippen LogP contribution in [0.5, 0.6) is 0 Å². The van der Waals surface area contributed by atoms with Crippen molar-refractivity contribution in [2.45, 2.75) is 12.2 Å². The molecule has 0 aromatic rings. The van der Waals surface area contributed by atoms with Crippen LogP contribution < -0.4 is 0 Å². The second-order valence-corrected chi connectivity index (χ2v) is 5.82. The first-order chi connectivity index (χ1) is 7.30. The minimum Gasteiger partial charge on any atom is -0.481 e. The predicted molar refractivity (Wildman–Crippen MR) is 53.1 cm³/mol. The maximum Gasteiger partial charge on any atom is 0.325 e. The van der Waals surface area contributed by atoms with Gasteiger partial charge >= 0.3 is 11.9 Å². The van der Waals surface area contributed by atoms with Gasteiger partial charge in [0.05, 0.1) is 13.0 Å². The van der Waals surface area contributed by atoms with Crippen LogP contribution in [0.15, 0.2) is 0 Å². The van der Waals surface area contributed by atoms with E-state index in [9.17, 15) is 18.0 Å². The topological polar surface area (TPSA) is 101 Å². The van der Waals surface area contributed by atoms with E-state index < -0.39 is 33.1 Å². The monoisotopic (exact) mass is 251 g/mol. The number of carbonyl (C=O) groups is 2. The molecule has 0 aromatic heterocycles. The Kier molecular flexibility index (Phi) is 3.54. The first-order valence-corrected chi connectivity index (χ1v) is 6.10. The highest BCUT2D eigenvalue weighted by Crippen LogP contribution is 2.22. The summed E-state index contributed by atoms with van der Waals surface area (Å²) in [6, 6.07) is 0. The van der Waals surface area contributed by atoms with Crippen molar-refractivity contribution in [2.75, 3.05) is 20.2 Å². The van der Waals surface area contributed by atoms with Gasteiger partial charge in [-0.25, -0.2) is 8.42 Å². The second kappa shape index (κ2) is 4.38. The third-order valence-corrected chi connectivity index (χ3v) is 4.64. The van der Waals surface area contributed by atoms with Crippen LogP contribution in [-0.2, 0) is 24.3 Å². The zero-order chi connectivity index (χ0) is 12.5. The minimum absolute atomic E-state index is 0.0843. The van der Waals surface area contributed by atoms with Gasteiger partial charge in [-0.15, -0.1) is 0 Å². The second-order valence-electron chi connectivity index (χ2n) is 3.56. The molecule has 1 saturated heterocycles. The first kappa shape index (κ1) is 12.9. The Balaban J connectivity index is 2.68. The molecule has 1 unspecified atom stereocenters. The number of rotatable bonds is 4. The zero-order valence-corrected chi connectivity index (χ0v) is 9.73. The number of carboxylic acids is 1. The van der Waals surface area contributed by atoms with Crippen LogP contribution in [0.4, 0.5) is 0 Å². The van der Waals surface area contributed by atoms with Gasteiger partial charge in [-0.05, 0) is 6.92 Å². The van der Waals surface area contributed by atoms with E-state index in [-0.39, 0.29) is 13.1 Å². The molecule has 0 bridgehead atoms. The molecule has 8 heteroatoms. The Morgan fingerprint density at radius 1 is 1.44 bits per heavy atom. The fourth-order valence-corrected chi connectivity index (χ4v) is 2.88. The fraction of sp³-hybridized carbons (Fsp3) is 0.750. The Morgan fingerprint density at radius 3 is 2.31 bits per heavy atom. The van der Waals surface area contributed by atoms with Crippen LogP contribution in [0.25, 0.3) is 0 Å². The van der Waals surface area contributed by atoms with Gasteiger partial charge in [0.15, 0.2) is 5.25 Å². The maximum atomic E-state index is 11.7. The standard InChI is InChI=1S/C8H13NO6S/c1-5(8(12)15-2)16(13,14)9-3-6(4-9)7(10)11/h5-6H,3-4H2,1-2H3,(H,10,11). The van der Waals surface area contributed by atoms with Gasteiger partial charge in [0, 0.05) is 13.1 Å². The molecule has 0 saturated carbocycles. The number of sulfonamides is 1. The summed E-state index contributed by atoms with van der Waals surface area (Å²) in [5.74, 6) is -2.56. The SMILES string of the molecule is COC(=O)C(C)S(=O)(=O)N1CC(C(=O)O)C1. The summed E-state index contributed by atoms with van der Waals surface area (Å²) in [6.45, 7) is 1.05. The van der Waals surface area contributed by atoms with Crippen molar-refractivity contribution in [3.8, 4) is 0 Å². The van der Waals surface area contributed by atoms with Crippen molar-refractivity contribution in [3.05, 3.63) is 0 Å². The summed E-state index contributed by atoms with van der Waals surface area (Å²) in [6.07, 6.45) is 0. The number of nitrogens with zero attached hydrogens (tertiary/aromatic N) is 1. The molecule has 0 amide bonds. The Hall–Kier alpha value is -1.15. The molecule has 7 nitrogen and oxygen atoms in total. The summed E-state index contributed by atoms with van der Waals surface area (Å²) in [4.78, 5) is 21.6. The van der Waals surface area contributed by atoms with Crippen molar-refractivity contribution in [1.82, 2.24) is 4.31 Å². The summed E-state index contributed by atoms with van der Waals surface area (Å²) in [7, 11) is -2.68. The van der Waals surface area contributed by atoms with Crippen LogP contribution >= 0.6 is 0 Å². The van der Waals surface area contributed by atoms with Crippen LogP contribution in [-0.4, -0.2) is 55.2 Å². The first-order valence-electron chi connectivity index (χ1n) is 4.60. The van der Waals surface area contributed by atoms with Gasteiger partial charge in [-0.3, -0.25) is 9.59 Å². The molecule has 1 fully saturated rings. The molecule has 16 heavy (non-hydrogen) atoms. The highest BCUT2D eigenvalue weighted by atomic mass is 32.2. The number of hydrogen-bond donors (Lipinski definition) is 1. The molecule has 0 spiro atoms. The molecular weight excluding hydrogens is 238 g/mol. The third kappa shape index (κ3) is 2.17. The lowest BCUT2D eigenvalue weighted by Gasteiger charge is -2.36. The lowest BCUT2D eigenvalue weighted by Crippen LogP contribution is -2.56. The Bertz CT molecular complexity index is 397. The highest BCUT2D eigenvalue weighted by molar-refractivity contribution is 7.90. The van der Waals surface area contributed by atoms with Gasteiger partial charge in [0.1, 0.15) is 0 Å². The Labute approximate surface area is 93.0 Å². The Morgan fingerprint density at radius 2 is 1.94 bits per heavy atom. The lowest BCUT2D eigenvalue weighted by molar-refractivity contribution is -0.145. The molecule has 92 valence electrons. The quantitative estimate of drug-likeness (QED) is 0.636. The maximum absolute atomic E-state index is 11.7. The minimum atomic E-state index is -3.78. The molecule has 1 rings (SSSR count). The van der Waals surface area contributed by atoms with Crippen LogP contribution in [0.2, 0.25) is 0 Å². The molecule has 1 heterocycles. The summed E-state index contributed by atoms with van der Waals surface area (Å²) < 4.78 is 28.7. The highest BCUT2D eigenvalue weighted by Gasteiger charge is 2.44. The van der Waals surface area contributed by atoms with Gasteiger partial charge in [0.25, 0.3) is 0 Å². The predicted octanol–water partition coefficient (Wildman–Crippen LogP) is -1.11. The van der Waals surface area contributed by atoms with Gasteiger partial charge in [-0.1, -0.05) is 0 Å². The summed E-state index contributed by atoms with van der Waals surface area (Å²) >= 11 is 0. The molecule has 1 aliphatic heterocycles. The zero-order valence-electron chi connectivity index (χ0n) is 8.91. The van der Waals surface area contributed by atoms with Gasteiger partial charge < -0.3 is 9.84 Å². The van der Waals surface area contributed by atoms with E-state index in [1.165, 1.54) is 6.92 Å². The molecule has 0 aromatic carbocycles. The van der Waals surface area contributed by atoms with Crippen LogP contribution in [0.3, 0.4) is 0 Å². The normalized spacial score (nSPS) is 19.9. The number of aliphatic carboxylic acids is 1. The number of ether oxygens (including phenoxy) is 1. The molecule has 1 aliphatic rings. The molecule has 1 N–H and O–H groups in total. The number of carbonyl (C=O) groups excluding carboxylic acids is 1. The number of carboxylic acid groups (broad SMARTS) is 1. The molecular formula is C8H13NO6S. The van der Waals surface area contributed by atoms with Crippen molar-refractivity contribution in [3.63, 3.8) is 0 Å². The third-order valence-electron chi connectivity index (χ3n) is 2.54.